The summed E-state index contributed by atoms with van der Waals surface area (Å²) in [5.74, 6) is -0.147. The predicted molar refractivity (Wildman–Crippen MR) is 49.2 cm³/mol. The largest absolute Gasteiger partial charge is 0.466 e. The highest BCUT2D eigenvalue weighted by Crippen LogP contribution is 2.01. The molecule has 0 amide bonds. The van der Waals surface area contributed by atoms with Gasteiger partial charge in [0.05, 0.1) is 6.61 Å². The van der Waals surface area contributed by atoms with E-state index in [-0.39, 0.29) is 5.97 Å². The highest BCUT2D eigenvalue weighted by molar-refractivity contribution is 5.69. The van der Waals surface area contributed by atoms with Crippen molar-refractivity contribution >= 4 is 5.97 Å². The third kappa shape index (κ3) is 3.69. The van der Waals surface area contributed by atoms with Crippen molar-refractivity contribution in [3.63, 3.8) is 0 Å². The predicted octanol–water partition coefficient (Wildman–Crippen LogP) is 1.58. The molecule has 3 nitrogen and oxygen atoms in total. The molecule has 0 aliphatic heterocycles. The van der Waals surface area contributed by atoms with Crippen molar-refractivity contribution in [2.45, 2.75) is 19.8 Å². The molecule has 0 atom stereocenters. The van der Waals surface area contributed by atoms with Crippen molar-refractivity contribution in [1.82, 2.24) is 4.98 Å². The summed E-state index contributed by atoms with van der Waals surface area (Å²) in [5, 5.41) is 0. The van der Waals surface area contributed by atoms with Gasteiger partial charge in [0, 0.05) is 18.8 Å². The van der Waals surface area contributed by atoms with Crippen molar-refractivity contribution in [3.05, 3.63) is 30.1 Å². The fraction of sp³-hybridized carbons (Fsp3) is 0.400. The van der Waals surface area contributed by atoms with Gasteiger partial charge < -0.3 is 4.74 Å². The number of carbonyl (C=O) groups is 1. The molecule has 1 rings (SSSR count). The minimum absolute atomic E-state index is 0.147. The maximum Gasteiger partial charge on any atom is 0.306 e. The van der Waals surface area contributed by atoms with Crippen LogP contribution >= 0.6 is 0 Å². The highest BCUT2D eigenvalue weighted by atomic mass is 16.5. The van der Waals surface area contributed by atoms with Gasteiger partial charge in [-0.25, -0.2) is 0 Å². The third-order valence-electron chi connectivity index (χ3n) is 1.65. The van der Waals surface area contributed by atoms with E-state index >= 15 is 0 Å². The molecule has 1 heterocycles. The molecule has 13 heavy (non-hydrogen) atoms. The number of esters is 1. The van der Waals surface area contributed by atoms with Gasteiger partial charge in [0.1, 0.15) is 0 Å². The lowest BCUT2D eigenvalue weighted by Crippen LogP contribution is -2.05. The number of aromatic nitrogens is 1. The van der Waals surface area contributed by atoms with E-state index in [9.17, 15) is 4.79 Å². The van der Waals surface area contributed by atoms with Crippen LogP contribution in [0, 0.1) is 0 Å². The Kier molecular flexibility index (Phi) is 3.96. The molecule has 0 N–H and O–H groups in total. The Balaban J connectivity index is 2.31. The molecule has 0 aliphatic carbocycles. The Morgan fingerprint density at radius 3 is 3.08 bits per heavy atom. The Bertz CT molecular complexity index is 259. The van der Waals surface area contributed by atoms with Gasteiger partial charge in [-0.1, -0.05) is 6.07 Å². The van der Waals surface area contributed by atoms with Crippen LogP contribution in [0.5, 0.6) is 0 Å². The smallest absolute Gasteiger partial charge is 0.306 e. The molecule has 70 valence electrons. The minimum atomic E-state index is -0.147. The SMILES string of the molecule is CCOC(=O)CCc1cccnc1. The van der Waals surface area contributed by atoms with Gasteiger partial charge in [0.25, 0.3) is 0 Å². The Morgan fingerprint density at radius 1 is 1.62 bits per heavy atom. The van der Waals surface area contributed by atoms with Gasteiger partial charge in [0.15, 0.2) is 0 Å². The summed E-state index contributed by atoms with van der Waals surface area (Å²) >= 11 is 0. The standard InChI is InChI=1S/C10H13NO2/c1-2-13-10(12)6-5-9-4-3-7-11-8-9/h3-4,7-8H,2,5-6H2,1H3. The van der Waals surface area contributed by atoms with Crippen LogP contribution in [0.4, 0.5) is 0 Å². The molecule has 0 unspecified atom stereocenters. The van der Waals surface area contributed by atoms with Crippen LogP contribution in [0.15, 0.2) is 24.5 Å². The number of aryl methyl sites for hydroxylation is 1. The molecule has 0 radical (unpaired) electrons. The lowest BCUT2D eigenvalue weighted by Gasteiger charge is -2.00. The van der Waals surface area contributed by atoms with Crippen LogP contribution < -0.4 is 0 Å². The Hall–Kier alpha value is -1.38. The number of pyridine rings is 1. The van der Waals surface area contributed by atoms with Crippen LogP contribution in [0.1, 0.15) is 18.9 Å². The number of ether oxygens (including phenoxy) is 1. The average Bonchev–Trinajstić information content (AvgIpc) is 2.17. The van der Waals surface area contributed by atoms with E-state index in [1.807, 2.05) is 19.1 Å². The second-order valence-electron chi connectivity index (χ2n) is 2.67. The van der Waals surface area contributed by atoms with Crippen LogP contribution in [-0.2, 0) is 16.0 Å². The van der Waals surface area contributed by atoms with E-state index in [1.165, 1.54) is 0 Å². The topological polar surface area (TPSA) is 39.2 Å². The van der Waals surface area contributed by atoms with Crippen molar-refractivity contribution in [2.24, 2.45) is 0 Å². The van der Waals surface area contributed by atoms with Crippen LogP contribution in [0.2, 0.25) is 0 Å². The van der Waals surface area contributed by atoms with Gasteiger partial charge in [-0.2, -0.15) is 0 Å². The summed E-state index contributed by atoms with van der Waals surface area (Å²) in [4.78, 5) is 14.9. The third-order valence-corrected chi connectivity index (χ3v) is 1.65. The van der Waals surface area contributed by atoms with E-state index in [0.717, 1.165) is 5.56 Å². The summed E-state index contributed by atoms with van der Waals surface area (Å²) in [6.07, 6.45) is 4.61. The molecule has 0 fully saturated rings. The molecule has 1 aromatic heterocycles. The van der Waals surface area contributed by atoms with Crippen molar-refractivity contribution in [2.75, 3.05) is 6.61 Å². The van der Waals surface area contributed by atoms with E-state index in [2.05, 4.69) is 4.98 Å². The summed E-state index contributed by atoms with van der Waals surface area (Å²) in [6.45, 7) is 2.26. The van der Waals surface area contributed by atoms with Gasteiger partial charge >= 0.3 is 5.97 Å². The van der Waals surface area contributed by atoms with Gasteiger partial charge in [-0.15, -0.1) is 0 Å². The maximum atomic E-state index is 11.0. The second-order valence-corrected chi connectivity index (χ2v) is 2.67. The lowest BCUT2D eigenvalue weighted by atomic mass is 10.2. The second kappa shape index (κ2) is 5.30. The quantitative estimate of drug-likeness (QED) is 0.659. The highest BCUT2D eigenvalue weighted by Gasteiger charge is 2.01. The molecular weight excluding hydrogens is 166 g/mol. The zero-order chi connectivity index (χ0) is 9.52. The molecule has 0 saturated heterocycles. The monoisotopic (exact) mass is 179 g/mol. The molecule has 0 saturated carbocycles. The molecule has 1 aromatic rings. The Labute approximate surface area is 77.8 Å². The van der Waals surface area contributed by atoms with E-state index in [4.69, 9.17) is 4.74 Å². The summed E-state index contributed by atoms with van der Waals surface area (Å²) in [5.41, 5.74) is 1.07. The first-order valence-electron chi connectivity index (χ1n) is 4.37. The lowest BCUT2D eigenvalue weighted by molar-refractivity contribution is -0.143. The minimum Gasteiger partial charge on any atom is -0.466 e. The molecule has 0 aromatic carbocycles. The van der Waals surface area contributed by atoms with E-state index in [1.54, 1.807) is 12.4 Å². The first kappa shape index (κ1) is 9.71. The van der Waals surface area contributed by atoms with Gasteiger partial charge in [-0.3, -0.25) is 9.78 Å². The van der Waals surface area contributed by atoms with Crippen molar-refractivity contribution < 1.29 is 9.53 Å². The van der Waals surface area contributed by atoms with Crippen LogP contribution in [0.25, 0.3) is 0 Å². The number of rotatable bonds is 4. The fourth-order valence-electron chi connectivity index (χ4n) is 1.03. The summed E-state index contributed by atoms with van der Waals surface area (Å²) < 4.78 is 4.80. The van der Waals surface area contributed by atoms with Crippen molar-refractivity contribution in [3.8, 4) is 0 Å². The zero-order valence-corrected chi connectivity index (χ0v) is 7.69. The first-order chi connectivity index (χ1) is 6.33. The molecule has 0 bridgehead atoms. The van der Waals surface area contributed by atoms with Crippen LogP contribution in [-0.4, -0.2) is 17.6 Å². The first-order valence-corrected chi connectivity index (χ1v) is 4.37. The fourth-order valence-corrected chi connectivity index (χ4v) is 1.03. The Morgan fingerprint density at radius 2 is 2.46 bits per heavy atom. The van der Waals surface area contributed by atoms with E-state index in [0.29, 0.717) is 19.4 Å². The van der Waals surface area contributed by atoms with E-state index < -0.39 is 0 Å². The average molecular weight is 179 g/mol. The number of hydrogen-bond donors (Lipinski definition) is 0. The van der Waals surface area contributed by atoms with Crippen molar-refractivity contribution in [1.29, 1.82) is 0 Å². The normalized spacial score (nSPS) is 9.62. The maximum absolute atomic E-state index is 11.0. The number of nitrogens with zero attached hydrogens (tertiary/aromatic N) is 1. The molecule has 0 aliphatic rings. The van der Waals surface area contributed by atoms with Gasteiger partial charge in [0.2, 0.25) is 0 Å². The van der Waals surface area contributed by atoms with Gasteiger partial charge in [-0.05, 0) is 25.0 Å². The molecule has 3 heteroatoms. The number of hydrogen-bond acceptors (Lipinski definition) is 3. The van der Waals surface area contributed by atoms with Crippen LogP contribution in [0.3, 0.4) is 0 Å². The molecular formula is C10H13NO2. The zero-order valence-electron chi connectivity index (χ0n) is 7.69. The molecule has 0 spiro atoms. The summed E-state index contributed by atoms with van der Waals surface area (Å²) in [6, 6.07) is 3.81. The summed E-state index contributed by atoms with van der Waals surface area (Å²) in [7, 11) is 0. The number of carbonyl (C=O) groups excluding carboxylic acids is 1.